The molecule has 0 radical (unpaired) electrons. The highest BCUT2D eigenvalue weighted by atomic mass is 35.5. The molecule has 1 aliphatic carbocycles. The number of aryl methyl sites for hydroxylation is 1. The maximum Gasteiger partial charge on any atom is 0.240 e. The van der Waals surface area contributed by atoms with Crippen molar-refractivity contribution >= 4 is 33.0 Å². The summed E-state index contributed by atoms with van der Waals surface area (Å²) in [4.78, 5) is 4.55. The average Bonchev–Trinajstić information content (AvgIpc) is 3.07. The predicted octanol–water partition coefficient (Wildman–Crippen LogP) is 3.13. The highest BCUT2D eigenvalue weighted by molar-refractivity contribution is 7.89. The molecule has 2 aromatic heterocycles. The van der Waals surface area contributed by atoms with Gasteiger partial charge in [0, 0.05) is 17.8 Å². The number of pyridine rings is 1. The minimum Gasteiger partial charge on any atom is -0.396 e. The molecule has 0 amide bonds. The number of fused-ring (bicyclic) bond motifs is 1. The number of hydrogen-bond acceptors (Lipinski definition) is 5. The Bertz CT molecular complexity index is 1170. The molecule has 1 fully saturated rings. The van der Waals surface area contributed by atoms with Crippen molar-refractivity contribution in [3.63, 3.8) is 0 Å². The van der Waals surface area contributed by atoms with E-state index in [9.17, 15) is 13.5 Å². The highest BCUT2D eigenvalue weighted by Gasteiger charge is 2.25. The molecule has 154 valence electrons. The lowest BCUT2D eigenvalue weighted by Crippen LogP contribution is -2.38. The number of imidazole rings is 1. The molecule has 0 unspecified atom stereocenters. The van der Waals surface area contributed by atoms with Crippen molar-refractivity contribution in [3.05, 3.63) is 47.2 Å². The zero-order valence-electron chi connectivity index (χ0n) is 16.0. The van der Waals surface area contributed by atoms with Gasteiger partial charge in [-0.15, -0.1) is 0 Å². The van der Waals surface area contributed by atoms with Crippen molar-refractivity contribution in [1.29, 1.82) is 0 Å². The Hall–Kier alpha value is -2.13. The van der Waals surface area contributed by atoms with Crippen LogP contribution in [0.1, 0.15) is 31.2 Å². The lowest BCUT2D eigenvalue weighted by molar-refractivity contribution is 0.120. The Morgan fingerprint density at radius 2 is 1.97 bits per heavy atom. The van der Waals surface area contributed by atoms with Crippen LogP contribution in [0.5, 0.6) is 0 Å². The van der Waals surface area contributed by atoms with Gasteiger partial charge in [0.25, 0.3) is 0 Å². The molecule has 3 aromatic rings. The Morgan fingerprint density at radius 1 is 1.24 bits per heavy atom. The number of rotatable bonds is 4. The number of halogens is 1. The summed E-state index contributed by atoms with van der Waals surface area (Å²) in [7, 11) is -3.69. The van der Waals surface area contributed by atoms with Crippen LogP contribution < -0.4 is 10.5 Å². The standard InChI is InChI=1S/C20H23ClN4O3S/c1-12-2-7-16(29(27,28)24-14-3-5-15(26)6-4-14)9-17(12)19-10-23-20-18(22)8-13(21)11-25(19)20/h2,7-11,14-15,24,26H,3-6,22H2,1H3. The van der Waals surface area contributed by atoms with Crippen LogP contribution in [0, 0.1) is 6.92 Å². The van der Waals surface area contributed by atoms with E-state index in [0.717, 1.165) is 11.1 Å². The SMILES string of the molecule is Cc1ccc(S(=O)(=O)NC2CCC(O)CC2)cc1-c1cnc2c(N)cc(Cl)cn12. The van der Waals surface area contributed by atoms with Crippen LogP contribution in [0.15, 0.2) is 41.6 Å². The molecular weight excluding hydrogens is 412 g/mol. The summed E-state index contributed by atoms with van der Waals surface area (Å²) in [5.74, 6) is 0. The fraction of sp³-hybridized carbons (Fsp3) is 0.350. The maximum absolute atomic E-state index is 12.9. The van der Waals surface area contributed by atoms with Crippen molar-refractivity contribution in [3.8, 4) is 11.3 Å². The number of benzene rings is 1. The van der Waals surface area contributed by atoms with Crippen molar-refractivity contribution < 1.29 is 13.5 Å². The number of aliphatic hydroxyl groups excluding tert-OH is 1. The predicted molar refractivity (Wildman–Crippen MR) is 113 cm³/mol. The summed E-state index contributed by atoms with van der Waals surface area (Å²) >= 11 is 6.15. The molecule has 7 nitrogen and oxygen atoms in total. The molecule has 1 aromatic carbocycles. The van der Waals surface area contributed by atoms with Gasteiger partial charge < -0.3 is 10.8 Å². The molecule has 2 heterocycles. The van der Waals surface area contributed by atoms with Crippen LogP contribution >= 0.6 is 11.6 Å². The summed E-state index contributed by atoms with van der Waals surface area (Å²) in [5.41, 5.74) is 9.38. The number of aliphatic hydroxyl groups is 1. The molecule has 4 N–H and O–H groups in total. The van der Waals surface area contributed by atoms with E-state index < -0.39 is 10.0 Å². The van der Waals surface area contributed by atoms with Gasteiger partial charge >= 0.3 is 0 Å². The van der Waals surface area contributed by atoms with E-state index in [1.54, 1.807) is 41.1 Å². The van der Waals surface area contributed by atoms with Crippen molar-refractivity contribution in [1.82, 2.24) is 14.1 Å². The summed E-state index contributed by atoms with van der Waals surface area (Å²) < 4.78 is 30.4. The molecule has 0 saturated heterocycles. The third-order valence-electron chi connectivity index (χ3n) is 5.41. The van der Waals surface area contributed by atoms with E-state index >= 15 is 0 Å². The molecule has 9 heteroatoms. The minimum absolute atomic E-state index is 0.164. The molecule has 1 aliphatic rings. The number of hydrogen-bond donors (Lipinski definition) is 3. The van der Waals surface area contributed by atoms with E-state index in [-0.39, 0.29) is 17.0 Å². The van der Waals surface area contributed by atoms with Gasteiger partial charge in [-0.2, -0.15) is 0 Å². The van der Waals surface area contributed by atoms with Crippen molar-refractivity contribution in [2.75, 3.05) is 5.73 Å². The topological polar surface area (TPSA) is 110 Å². The number of nitrogens with zero attached hydrogens (tertiary/aromatic N) is 2. The van der Waals surface area contributed by atoms with E-state index in [2.05, 4.69) is 9.71 Å². The first-order chi connectivity index (χ1) is 13.7. The van der Waals surface area contributed by atoms with Crippen LogP contribution in [0.2, 0.25) is 5.02 Å². The minimum atomic E-state index is -3.69. The highest BCUT2D eigenvalue weighted by Crippen LogP contribution is 2.30. The molecule has 1 saturated carbocycles. The van der Waals surface area contributed by atoms with Gasteiger partial charge in [-0.1, -0.05) is 17.7 Å². The first-order valence-electron chi connectivity index (χ1n) is 9.48. The summed E-state index contributed by atoms with van der Waals surface area (Å²) in [6.07, 6.45) is 5.51. The van der Waals surface area contributed by atoms with Crippen LogP contribution in [-0.2, 0) is 10.0 Å². The van der Waals surface area contributed by atoms with E-state index in [4.69, 9.17) is 17.3 Å². The van der Waals surface area contributed by atoms with Gasteiger partial charge in [-0.25, -0.2) is 18.1 Å². The van der Waals surface area contributed by atoms with Gasteiger partial charge in [0.15, 0.2) is 5.65 Å². The number of aromatic nitrogens is 2. The van der Waals surface area contributed by atoms with Crippen molar-refractivity contribution in [2.24, 2.45) is 0 Å². The zero-order chi connectivity index (χ0) is 20.8. The van der Waals surface area contributed by atoms with E-state index in [1.807, 2.05) is 6.92 Å². The Kier molecular flexibility index (Phi) is 5.29. The monoisotopic (exact) mass is 434 g/mol. The molecule has 0 spiro atoms. The molecule has 0 bridgehead atoms. The summed E-state index contributed by atoms with van der Waals surface area (Å²) in [5, 5.41) is 10.1. The third kappa shape index (κ3) is 3.98. The number of sulfonamides is 1. The summed E-state index contributed by atoms with van der Waals surface area (Å²) in [6, 6.07) is 6.50. The van der Waals surface area contributed by atoms with Gasteiger partial charge in [0.05, 0.1) is 33.6 Å². The van der Waals surface area contributed by atoms with Crippen LogP contribution in [0.3, 0.4) is 0 Å². The third-order valence-corrected chi connectivity index (χ3v) is 7.14. The van der Waals surface area contributed by atoms with Crippen LogP contribution in [0.25, 0.3) is 16.9 Å². The summed E-state index contributed by atoms with van der Waals surface area (Å²) in [6.45, 7) is 1.91. The number of anilines is 1. The average molecular weight is 435 g/mol. The van der Waals surface area contributed by atoms with Gasteiger partial charge in [-0.3, -0.25) is 4.40 Å². The smallest absolute Gasteiger partial charge is 0.240 e. The Balaban J connectivity index is 1.72. The Labute approximate surface area is 174 Å². The fourth-order valence-electron chi connectivity index (χ4n) is 3.80. The normalized spacial score (nSPS) is 20.2. The lowest BCUT2D eigenvalue weighted by atomic mass is 9.94. The second kappa shape index (κ2) is 7.60. The van der Waals surface area contributed by atoms with Crippen molar-refractivity contribution in [2.45, 2.75) is 49.6 Å². The van der Waals surface area contributed by atoms with E-state index in [0.29, 0.717) is 47.7 Å². The van der Waals surface area contributed by atoms with E-state index in [1.165, 1.54) is 0 Å². The van der Waals surface area contributed by atoms with Crippen LogP contribution in [0.4, 0.5) is 5.69 Å². The number of nitrogen functional groups attached to an aromatic ring is 1. The first-order valence-corrected chi connectivity index (χ1v) is 11.3. The molecule has 4 rings (SSSR count). The molecule has 29 heavy (non-hydrogen) atoms. The zero-order valence-corrected chi connectivity index (χ0v) is 17.5. The van der Waals surface area contributed by atoms with Crippen LogP contribution in [-0.4, -0.2) is 35.1 Å². The van der Waals surface area contributed by atoms with Gasteiger partial charge in [0.1, 0.15) is 0 Å². The van der Waals surface area contributed by atoms with Gasteiger partial charge in [-0.05, 0) is 56.4 Å². The quantitative estimate of drug-likeness (QED) is 0.584. The lowest BCUT2D eigenvalue weighted by Gasteiger charge is -2.26. The second-order valence-corrected chi connectivity index (χ2v) is 9.70. The molecule has 0 atom stereocenters. The number of nitrogens with two attached hydrogens (primary N) is 1. The fourth-order valence-corrected chi connectivity index (χ4v) is 5.35. The largest absolute Gasteiger partial charge is 0.396 e. The first kappa shape index (κ1) is 20.2. The molecule has 0 aliphatic heterocycles. The second-order valence-electron chi connectivity index (χ2n) is 7.55. The molecular formula is C20H23ClN4O3S. The van der Waals surface area contributed by atoms with Gasteiger partial charge in [0.2, 0.25) is 10.0 Å². The maximum atomic E-state index is 12.9. The Morgan fingerprint density at radius 3 is 2.69 bits per heavy atom. The number of nitrogens with one attached hydrogen (secondary N) is 1.